The molecule has 0 aromatic rings. The average Bonchev–Trinajstić information content (AvgIpc) is 3.58. The van der Waals surface area contributed by atoms with Crippen LogP contribution in [0.4, 0.5) is 0 Å². The van der Waals surface area contributed by atoms with Gasteiger partial charge in [0, 0.05) is 12.8 Å². The summed E-state index contributed by atoms with van der Waals surface area (Å²) in [6.07, 6.45) is 97.3. The fourth-order valence-corrected chi connectivity index (χ4v) is 11.9. The molecule has 524 valence electrons. The van der Waals surface area contributed by atoms with Crippen molar-refractivity contribution in [3.05, 3.63) is 85.1 Å². The van der Waals surface area contributed by atoms with Gasteiger partial charge in [-0.05, 0) is 70.6 Å². The molecule has 0 heterocycles. The number of rotatable bonds is 71. The van der Waals surface area contributed by atoms with Crippen LogP contribution in [0.5, 0.6) is 0 Å². The highest BCUT2D eigenvalue weighted by molar-refractivity contribution is 7.47. The van der Waals surface area contributed by atoms with E-state index in [4.69, 9.17) is 18.5 Å². The Bertz CT molecular complexity index is 1800. The number of unbranched alkanes of at least 4 members (excludes halogenated alkanes) is 43. The zero-order valence-corrected chi connectivity index (χ0v) is 60.8. The first kappa shape index (κ1) is 87.2. The van der Waals surface area contributed by atoms with Crippen LogP contribution < -0.4 is 0 Å². The second-order valence-corrected chi connectivity index (χ2v) is 28.5. The standard InChI is InChI=1S/C80H146NO8P/c1-6-8-10-12-14-16-18-20-22-24-26-28-30-32-34-36-37-38-39-40-41-42-43-45-46-48-50-52-54-56-58-60-62-64-66-68-70-72-79(82)86-76-78(77-88-90(84,85)87-75-74-81(3,4)5)89-80(83)73-71-69-67-65-63-61-59-57-55-53-51-49-47-44-35-33-31-29-27-25-23-21-19-17-15-13-11-9-7-2/h9,11,15,17,21,23,27,29,33,35,47,49,53,55,78H,6-8,10,12-14,16,18-20,22,24-26,28,30-32,34,36-46,48,50-52,54,56-77H2,1-5H3/p+1/b11-9-,17-15-,23-21-,29-27-,35-33-,49-47-,55-53-. The maximum Gasteiger partial charge on any atom is 0.472 e. The molecule has 1 N–H and O–H groups in total. The highest BCUT2D eigenvalue weighted by Crippen LogP contribution is 2.43. The topological polar surface area (TPSA) is 108 Å². The summed E-state index contributed by atoms with van der Waals surface area (Å²) >= 11 is 0. The summed E-state index contributed by atoms with van der Waals surface area (Å²) in [5, 5.41) is 0. The lowest BCUT2D eigenvalue weighted by Gasteiger charge is -2.24. The Balaban J connectivity index is 3.98. The molecule has 0 spiro atoms. The maximum atomic E-state index is 12.9. The van der Waals surface area contributed by atoms with E-state index in [1.54, 1.807) is 0 Å². The number of esters is 2. The Hall–Kier alpha value is -2.81. The van der Waals surface area contributed by atoms with E-state index in [9.17, 15) is 19.0 Å². The lowest BCUT2D eigenvalue weighted by Crippen LogP contribution is -2.37. The maximum absolute atomic E-state index is 12.9. The number of phosphoric acid groups is 1. The quantitative estimate of drug-likeness (QED) is 0.0211. The number of carbonyl (C=O) groups is 2. The second-order valence-electron chi connectivity index (χ2n) is 27.0. The molecule has 9 nitrogen and oxygen atoms in total. The van der Waals surface area contributed by atoms with Gasteiger partial charge >= 0.3 is 19.8 Å². The number of hydrogen-bond acceptors (Lipinski definition) is 7. The van der Waals surface area contributed by atoms with Crippen LogP contribution in [0.1, 0.15) is 361 Å². The fraction of sp³-hybridized carbons (Fsp3) is 0.800. The van der Waals surface area contributed by atoms with Crippen LogP contribution in [-0.4, -0.2) is 74.9 Å². The fourth-order valence-electron chi connectivity index (χ4n) is 11.1. The minimum absolute atomic E-state index is 0.0271. The van der Waals surface area contributed by atoms with Gasteiger partial charge in [0.2, 0.25) is 0 Å². The van der Waals surface area contributed by atoms with Gasteiger partial charge in [-0.3, -0.25) is 18.6 Å². The number of hydrogen-bond donors (Lipinski definition) is 1. The number of allylic oxidation sites excluding steroid dienone is 14. The highest BCUT2D eigenvalue weighted by Gasteiger charge is 2.27. The molecule has 0 aliphatic carbocycles. The predicted molar refractivity (Wildman–Crippen MR) is 390 cm³/mol. The Morgan fingerprint density at radius 1 is 0.356 bits per heavy atom. The first-order valence-electron chi connectivity index (χ1n) is 38.3. The largest absolute Gasteiger partial charge is 0.472 e. The monoisotopic (exact) mass is 1280 g/mol. The molecule has 0 saturated carbocycles. The van der Waals surface area contributed by atoms with E-state index in [1.807, 2.05) is 21.1 Å². The van der Waals surface area contributed by atoms with Gasteiger partial charge in [0.25, 0.3) is 0 Å². The molecule has 0 rings (SSSR count). The van der Waals surface area contributed by atoms with E-state index in [0.717, 1.165) is 89.9 Å². The van der Waals surface area contributed by atoms with E-state index >= 15 is 0 Å². The number of ether oxygens (including phenoxy) is 2. The second kappa shape index (κ2) is 70.5. The smallest absolute Gasteiger partial charge is 0.462 e. The summed E-state index contributed by atoms with van der Waals surface area (Å²) < 4.78 is 34.8. The summed E-state index contributed by atoms with van der Waals surface area (Å²) in [7, 11) is 1.47. The van der Waals surface area contributed by atoms with Crippen molar-refractivity contribution >= 4 is 19.8 Å². The minimum Gasteiger partial charge on any atom is -0.462 e. The third kappa shape index (κ3) is 74.2. The lowest BCUT2D eigenvalue weighted by atomic mass is 10.0. The van der Waals surface area contributed by atoms with Crippen molar-refractivity contribution in [1.82, 2.24) is 0 Å². The number of nitrogens with zero attached hydrogens (tertiary/aromatic N) is 1. The van der Waals surface area contributed by atoms with Crippen LogP contribution in [0.15, 0.2) is 85.1 Å². The van der Waals surface area contributed by atoms with Crippen molar-refractivity contribution in [2.45, 2.75) is 367 Å². The van der Waals surface area contributed by atoms with Gasteiger partial charge in [0.1, 0.15) is 19.8 Å². The number of likely N-dealkylation sites (N-methyl/N-ethyl adjacent to an activating group) is 1. The van der Waals surface area contributed by atoms with Crippen molar-refractivity contribution in [3.8, 4) is 0 Å². The van der Waals surface area contributed by atoms with Crippen LogP contribution >= 0.6 is 7.82 Å². The summed E-state index contributed by atoms with van der Waals surface area (Å²) in [5.74, 6) is -0.799. The Labute approximate surface area is 558 Å². The molecule has 0 fully saturated rings. The molecule has 0 amide bonds. The van der Waals surface area contributed by atoms with Crippen molar-refractivity contribution in [2.24, 2.45) is 0 Å². The number of phosphoric ester groups is 1. The van der Waals surface area contributed by atoms with E-state index < -0.39 is 26.5 Å². The van der Waals surface area contributed by atoms with Gasteiger partial charge in [0.15, 0.2) is 6.10 Å². The summed E-state index contributed by atoms with van der Waals surface area (Å²) in [5.41, 5.74) is 0. The molecule has 0 saturated heterocycles. The van der Waals surface area contributed by atoms with Crippen molar-refractivity contribution in [3.63, 3.8) is 0 Å². The molecular formula is C80H147NO8P+. The van der Waals surface area contributed by atoms with Crippen LogP contribution in [0, 0.1) is 0 Å². The van der Waals surface area contributed by atoms with Crippen molar-refractivity contribution in [1.29, 1.82) is 0 Å². The van der Waals surface area contributed by atoms with Gasteiger partial charge < -0.3 is 18.9 Å². The number of quaternary nitrogens is 1. The minimum atomic E-state index is -4.40. The zero-order chi connectivity index (χ0) is 65.5. The third-order valence-electron chi connectivity index (χ3n) is 16.9. The molecule has 0 bridgehead atoms. The Morgan fingerprint density at radius 3 is 0.944 bits per heavy atom. The molecule has 0 radical (unpaired) electrons. The zero-order valence-electron chi connectivity index (χ0n) is 59.9. The molecule has 0 aliphatic heterocycles. The van der Waals surface area contributed by atoms with E-state index in [0.29, 0.717) is 17.4 Å². The normalized spacial score (nSPS) is 13.5. The lowest BCUT2D eigenvalue weighted by molar-refractivity contribution is -0.870. The van der Waals surface area contributed by atoms with Gasteiger partial charge in [0.05, 0.1) is 27.7 Å². The van der Waals surface area contributed by atoms with Gasteiger partial charge in [-0.1, -0.05) is 362 Å². The van der Waals surface area contributed by atoms with Gasteiger partial charge in [-0.15, -0.1) is 0 Å². The van der Waals surface area contributed by atoms with E-state index in [2.05, 4.69) is 98.9 Å². The van der Waals surface area contributed by atoms with Crippen molar-refractivity contribution < 1.29 is 42.1 Å². The van der Waals surface area contributed by atoms with Gasteiger partial charge in [-0.25, -0.2) is 4.57 Å². The molecule has 0 aliphatic rings. The molecule has 0 aromatic heterocycles. The molecule has 2 unspecified atom stereocenters. The Kier molecular flexibility index (Phi) is 68.3. The first-order chi connectivity index (χ1) is 44.0. The molecule has 0 aromatic carbocycles. The van der Waals surface area contributed by atoms with E-state index in [-0.39, 0.29) is 32.0 Å². The number of carbonyl (C=O) groups excluding carboxylic acids is 2. The van der Waals surface area contributed by atoms with Crippen LogP contribution in [0.3, 0.4) is 0 Å². The van der Waals surface area contributed by atoms with Crippen molar-refractivity contribution in [2.75, 3.05) is 47.5 Å². The van der Waals surface area contributed by atoms with Crippen LogP contribution in [0.25, 0.3) is 0 Å². The van der Waals surface area contributed by atoms with Crippen LogP contribution in [-0.2, 0) is 32.7 Å². The predicted octanol–water partition coefficient (Wildman–Crippen LogP) is 25.3. The summed E-state index contributed by atoms with van der Waals surface area (Å²) in [6, 6.07) is 0. The molecule has 2 atom stereocenters. The third-order valence-corrected chi connectivity index (χ3v) is 17.9. The summed E-state index contributed by atoms with van der Waals surface area (Å²) in [4.78, 5) is 35.9. The molecule has 10 heteroatoms. The summed E-state index contributed by atoms with van der Waals surface area (Å²) in [6.45, 7) is 4.35. The Morgan fingerprint density at radius 2 is 0.633 bits per heavy atom. The highest BCUT2D eigenvalue weighted by atomic mass is 31.2. The SMILES string of the molecule is CC/C=C\C/C=C\C/C=C\C/C=C\C/C=C\C/C=C\C/C=C\CCCCCCCCCC(=O)OC(COC(=O)CCCCCCCCCCCCCCCCCCCCCCCCCCCCCCCCCCCCCCC)COP(=O)(O)OCC[N+](C)(C)C. The first-order valence-corrected chi connectivity index (χ1v) is 39.8. The molecule has 90 heavy (non-hydrogen) atoms. The van der Waals surface area contributed by atoms with E-state index in [1.165, 1.54) is 238 Å². The van der Waals surface area contributed by atoms with Crippen LogP contribution in [0.2, 0.25) is 0 Å². The average molecular weight is 1280 g/mol. The van der Waals surface area contributed by atoms with Gasteiger partial charge in [-0.2, -0.15) is 0 Å². The molecular weight excluding hydrogens is 1130 g/mol.